The molecule has 0 bridgehead atoms. The molecule has 0 radical (unpaired) electrons. The molecule has 0 aliphatic carbocycles. The minimum absolute atomic E-state index is 0. The molecule has 0 unspecified atom stereocenters. The molecular formula is C56H82Cl2N2O6Pd-2. The maximum absolute atomic E-state index is 6.32. The predicted octanol–water partition coefficient (Wildman–Crippen LogP) is 9.92. The topological polar surface area (TPSA) is 81.2 Å². The van der Waals surface area contributed by atoms with Crippen LogP contribution in [-0.2, 0) is 20.4 Å². The van der Waals surface area contributed by atoms with Gasteiger partial charge in [0.1, 0.15) is 0 Å². The fourth-order valence-electron chi connectivity index (χ4n) is 6.68. The van der Waals surface area contributed by atoms with Crippen LogP contribution < -0.4 is 53.2 Å². The van der Waals surface area contributed by atoms with Gasteiger partial charge in [0.05, 0.1) is 39.6 Å². The Kier molecular flexibility index (Phi) is 40.0. The molecule has 0 fully saturated rings. The first-order valence-electron chi connectivity index (χ1n) is 24.9. The van der Waals surface area contributed by atoms with Gasteiger partial charge in [-0.05, 0) is 98.2 Å². The van der Waals surface area contributed by atoms with Gasteiger partial charge in [0, 0.05) is 56.3 Å². The van der Waals surface area contributed by atoms with Crippen molar-refractivity contribution < 1.29 is 73.7 Å². The van der Waals surface area contributed by atoms with Gasteiger partial charge in [0.2, 0.25) is 11.5 Å². The molecule has 0 N–H and O–H groups in total. The summed E-state index contributed by atoms with van der Waals surface area (Å²) in [4.78, 5) is 8.19. The Hall–Kier alpha value is -3.74. The van der Waals surface area contributed by atoms with E-state index in [1.54, 1.807) is 24.8 Å². The van der Waals surface area contributed by atoms with Gasteiger partial charge < -0.3 is 53.2 Å². The Morgan fingerprint density at radius 3 is 0.881 bits per heavy atom. The van der Waals surface area contributed by atoms with Crippen LogP contribution in [0.4, 0.5) is 0 Å². The van der Waals surface area contributed by atoms with E-state index in [0.717, 1.165) is 121 Å². The number of halogens is 2. The van der Waals surface area contributed by atoms with Gasteiger partial charge in [-0.25, -0.2) is 0 Å². The zero-order chi connectivity index (χ0) is 45.7. The van der Waals surface area contributed by atoms with Crippen molar-refractivity contribution in [1.29, 1.82) is 0 Å². The molecule has 0 saturated carbocycles. The van der Waals surface area contributed by atoms with E-state index in [2.05, 4.69) is 87.9 Å². The monoisotopic (exact) mass is 1050 g/mol. The molecule has 4 aromatic rings. The van der Waals surface area contributed by atoms with Gasteiger partial charge in [0.15, 0.2) is 23.0 Å². The molecule has 0 spiro atoms. The van der Waals surface area contributed by atoms with Crippen LogP contribution in [0.1, 0.15) is 179 Å². The van der Waals surface area contributed by atoms with Crippen molar-refractivity contribution in [3.05, 3.63) is 95.6 Å². The molecule has 378 valence electrons. The minimum atomic E-state index is 0. The molecule has 67 heavy (non-hydrogen) atoms. The van der Waals surface area contributed by atoms with Gasteiger partial charge in [-0.15, -0.1) is 0 Å². The van der Waals surface area contributed by atoms with Crippen LogP contribution in [0.5, 0.6) is 34.5 Å². The molecule has 2 aromatic carbocycles. The van der Waals surface area contributed by atoms with Crippen LogP contribution in [-0.4, -0.2) is 49.6 Å². The molecule has 4 rings (SSSR count). The van der Waals surface area contributed by atoms with Crippen molar-refractivity contribution in [1.82, 2.24) is 9.97 Å². The summed E-state index contributed by atoms with van der Waals surface area (Å²) in [5.41, 5.74) is 4.21. The van der Waals surface area contributed by atoms with E-state index in [4.69, 9.17) is 28.4 Å². The van der Waals surface area contributed by atoms with Gasteiger partial charge in [-0.2, -0.15) is 0 Å². The van der Waals surface area contributed by atoms with Crippen molar-refractivity contribution in [2.45, 2.75) is 157 Å². The van der Waals surface area contributed by atoms with Crippen molar-refractivity contribution in [3.8, 4) is 34.5 Å². The van der Waals surface area contributed by atoms with E-state index in [1.165, 1.54) is 51.4 Å². The summed E-state index contributed by atoms with van der Waals surface area (Å²) in [6.45, 7) is 17.3. The molecule has 0 amide bonds. The third kappa shape index (κ3) is 26.6. The summed E-state index contributed by atoms with van der Waals surface area (Å²) >= 11 is 0. The standard InChI is InChI=1S/2C28H41NO3.2ClH.Pd/c2*1-4-7-10-21-30-26-16-15-25(14-13-24-17-19-29-20-18-24)27(31-22-11-8-5-2)28(26)32-23-12-9-6-3;;;/h2*13-20H,4-12,21-23H2,1-3H3;2*1H;/p-2/b2*14-13+;;;. The SMILES string of the molecule is CCCCCOc1ccc(/C=C/c2ccncc2)c(OCCCCC)c1OCCCCC.CCCCCOc1ccc(/C=C/c2ccncc2)c(OCCCCC)c1OCCCCC.[Cl-].[Cl-].[Pd]. The smallest absolute Gasteiger partial charge is 0.204 e. The third-order valence-electron chi connectivity index (χ3n) is 10.5. The van der Waals surface area contributed by atoms with Crippen LogP contribution in [0.3, 0.4) is 0 Å². The third-order valence-corrected chi connectivity index (χ3v) is 10.5. The largest absolute Gasteiger partial charge is 1.00 e. The predicted molar refractivity (Wildman–Crippen MR) is 269 cm³/mol. The normalized spacial score (nSPS) is 10.6. The van der Waals surface area contributed by atoms with E-state index >= 15 is 0 Å². The van der Waals surface area contributed by atoms with E-state index in [1.807, 2.05) is 36.4 Å². The van der Waals surface area contributed by atoms with Crippen molar-refractivity contribution in [2.75, 3.05) is 39.6 Å². The number of benzene rings is 2. The molecule has 2 heterocycles. The van der Waals surface area contributed by atoms with Gasteiger partial charge >= 0.3 is 0 Å². The van der Waals surface area contributed by atoms with Crippen LogP contribution in [0.15, 0.2) is 73.3 Å². The van der Waals surface area contributed by atoms with Crippen LogP contribution in [0.2, 0.25) is 0 Å². The zero-order valence-electron chi connectivity index (χ0n) is 41.6. The number of ether oxygens (including phenoxy) is 6. The average molecular weight is 1060 g/mol. The van der Waals surface area contributed by atoms with Crippen LogP contribution in [0.25, 0.3) is 24.3 Å². The minimum Gasteiger partial charge on any atom is -1.00 e. The van der Waals surface area contributed by atoms with Crippen LogP contribution >= 0.6 is 0 Å². The number of unbranched alkanes of at least 4 members (excludes halogenated alkanes) is 12. The summed E-state index contributed by atoms with van der Waals surface area (Å²) < 4.78 is 37.5. The molecule has 8 nitrogen and oxygen atoms in total. The van der Waals surface area contributed by atoms with E-state index in [0.29, 0.717) is 39.6 Å². The summed E-state index contributed by atoms with van der Waals surface area (Å²) in [5, 5.41) is 0. The first-order valence-corrected chi connectivity index (χ1v) is 24.9. The first-order chi connectivity index (χ1) is 31.6. The van der Waals surface area contributed by atoms with Gasteiger partial charge in [0.25, 0.3) is 0 Å². The average Bonchev–Trinajstić information content (AvgIpc) is 3.33. The number of rotatable bonds is 34. The second kappa shape index (κ2) is 42.4. The second-order valence-corrected chi connectivity index (χ2v) is 16.2. The Balaban J connectivity index is 0.00000124. The van der Waals surface area contributed by atoms with Gasteiger partial charge in [-0.3, -0.25) is 9.97 Å². The molecule has 0 atom stereocenters. The Labute approximate surface area is 432 Å². The summed E-state index contributed by atoms with van der Waals surface area (Å²) in [6.07, 6.45) is 35.7. The summed E-state index contributed by atoms with van der Waals surface area (Å²) in [7, 11) is 0. The number of nitrogens with zero attached hydrogens (tertiary/aromatic N) is 2. The maximum atomic E-state index is 6.32. The van der Waals surface area contributed by atoms with E-state index < -0.39 is 0 Å². The first kappa shape index (κ1) is 63.3. The van der Waals surface area contributed by atoms with Crippen LogP contribution in [0, 0.1) is 0 Å². The van der Waals surface area contributed by atoms with Crippen molar-refractivity contribution in [2.24, 2.45) is 0 Å². The van der Waals surface area contributed by atoms with Crippen molar-refractivity contribution >= 4 is 24.3 Å². The zero-order valence-corrected chi connectivity index (χ0v) is 44.7. The maximum Gasteiger partial charge on any atom is 0.204 e. The van der Waals surface area contributed by atoms with Gasteiger partial charge in [-0.1, -0.05) is 143 Å². The number of hydrogen-bond acceptors (Lipinski definition) is 8. The fourth-order valence-corrected chi connectivity index (χ4v) is 6.68. The Bertz CT molecular complexity index is 1700. The number of hydrogen-bond donors (Lipinski definition) is 0. The molecule has 2 aromatic heterocycles. The molecule has 0 saturated heterocycles. The Morgan fingerprint density at radius 2 is 0.597 bits per heavy atom. The molecule has 0 aliphatic rings. The fraction of sp³-hybridized carbons (Fsp3) is 0.536. The van der Waals surface area contributed by atoms with Crippen molar-refractivity contribution in [3.63, 3.8) is 0 Å². The second-order valence-electron chi connectivity index (χ2n) is 16.2. The quantitative estimate of drug-likeness (QED) is 0.0338. The Morgan fingerprint density at radius 1 is 0.328 bits per heavy atom. The molecular weight excluding hydrogens is 974 g/mol. The van der Waals surface area contributed by atoms with E-state index in [-0.39, 0.29) is 45.2 Å². The number of pyridine rings is 2. The summed E-state index contributed by atoms with van der Waals surface area (Å²) in [6, 6.07) is 16.1. The molecule has 0 aliphatic heterocycles. The summed E-state index contributed by atoms with van der Waals surface area (Å²) in [5.74, 6) is 4.62. The van der Waals surface area contributed by atoms with E-state index in [9.17, 15) is 0 Å². The number of aromatic nitrogens is 2. The molecule has 11 heteroatoms.